The van der Waals surface area contributed by atoms with Crippen molar-refractivity contribution in [2.24, 2.45) is 5.92 Å². The molecule has 1 heterocycles. The summed E-state index contributed by atoms with van der Waals surface area (Å²) in [6, 6.07) is 5.93. The Morgan fingerprint density at radius 3 is 2.63 bits per heavy atom. The fourth-order valence-electron chi connectivity index (χ4n) is 2.39. The molecule has 2 amide bonds. The lowest BCUT2D eigenvalue weighted by Gasteiger charge is -2.30. The fraction of sp³-hybridized carbons (Fsp3) is 0.467. The Balaban J connectivity index is 2.18. The molecule has 2 rings (SSSR count). The van der Waals surface area contributed by atoms with E-state index in [1.165, 1.54) is 12.5 Å². The summed E-state index contributed by atoms with van der Waals surface area (Å²) in [5, 5.41) is 2.78. The van der Waals surface area contributed by atoms with Crippen molar-refractivity contribution < 1.29 is 9.59 Å². The lowest BCUT2D eigenvalue weighted by atomic mass is 9.98. The second kappa shape index (κ2) is 5.43. The van der Waals surface area contributed by atoms with Gasteiger partial charge < -0.3 is 10.2 Å². The summed E-state index contributed by atoms with van der Waals surface area (Å²) in [6.45, 7) is 6.76. The first-order valence-electron chi connectivity index (χ1n) is 6.65. The molecule has 0 saturated carbocycles. The molecule has 1 aromatic rings. The van der Waals surface area contributed by atoms with E-state index in [4.69, 9.17) is 0 Å². The third-order valence-electron chi connectivity index (χ3n) is 3.34. The van der Waals surface area contributed by atoms with Gasteiger partial charge in [-0.3, -0.25) is 9.59 Å². The zero-order chi connectivity index (χ0) is 14.0. The van der Waals surface area contributed by atoms with E-state index in [1.807, 2.05) is 36.9 Å². The maximum absolute atomic E-state index is 12.0. The summed E-state index contributed by atoms with van der Waals surface area (Å²) in [4.78, 5) is 25.0. The van der Waals surface area contributed by atoms with Crippen molar-refractivity contribution in [2.45, 2.75) is 33.7 Å². The molecular formula is C15H20N2O2. The van der Waals surface area contributed by atoms with Crippen LogP contribution >= 0.6 is 0 Å². The Labute approximate surface area is 113 Å². The molecule has 0 bridgehead atoms. The number of amides is 2. The highest BCUT2D eigenvalue weighted by Gasteiger charge is 2.22. The lowest BCUT2D eigenvalue weighted by Crippen LogP contribution is -2.38. The molecular weight excluding hydrogens is 240 g/mol. The second-order valence-electron chi connectivity index (χ2n) is 5.33. The first-order chi connectivity index (χ1) is 8.97. The number of nitrogens with one attached hydrogen (secondary N) is 1. The predicted molar refractivity (Wildman–Crippen MR) is 74.7 cm³/mol. The summed E-state index contributed by atoms with van der Waals surface area (Å²) in [7, 11) is 0. The van der Waals surface area contributed by atoms with Gasteiger partial charge in [0.25, 0.3) is 0 Å². The molecule has 0 saturated heterocycles. The maximum Gasteiger partial charge on any atom is 0.225 e. The number of carbonyl (C=O) groups is 2. The summed E-state index contributed by atoms with van der Waals surface area (Å²) < 4.78 is 0. The first-order valence-corrected chi connectivity index (χ1v) is 6.65. The largest absolute Gasteiger partial charge is 0.338 e. The van der Waals surface area contributed by atoms with Crippen LogP contribution in [-0.2, 0) is 22.6 Å². The van der Waals surface area contributed by atoms with Crippen molar-refractivity contribution in [1.82, 2.24) is 4.90 Å². The number of nitrogens with zero attached hydrogens (tertiary/aromatic N) is 1. The number of benzene rings is 1. The molecule has 0 fully saturated rings. The minimum atomic E-state index is -0.0779. The van der Waals surface area contributed by atoms with E-state index in [0.29, 0.717) is 6.54 Å². The minimum Gasteiger partial charge on any atom is -0.338 e. The van der Waals surface area contributed by atoms with Gasteiger partial charge in [0.1, 0.15) is 0 Å². The Bertz CT molecular complexity index is 509. The molecule has 102 valence electrons. The van der Waals surface area contributed by atoms with Crippen LogP contribution < -0.4 is 5.32 Å². The van der Waals surface area contributed by atoms with Crippen LogP contribution in [0.3, 0.4) is 0 Å². The highest BCUT2D eigenvalue weighted by Crippen LogP contribution is 2.23. The number of anilines is 1. The summed E-state index contributed by atoms with van der Waals surface area (Å²) >= 11 is 0. The van der Waals surface area contributed by atoms with Gasteiger partial charge in [0.15, 0.2) is 0 Å². The van der Waals surface area contributed by atoms with Crippen molar-refractivity contribution in [3.63, 3.8) is 0 Å². The van der Waals surface area contributed by atoms with E-state index >= 15 is 0 Å². The number of fused-ring (bicyclic) bond motifs is 1. The fourth-order valence-corrected chi connectivity index (χ4v) is 2.39. The molecule has 0 atom stereocenters. The first kappa shape index (κ1) is 13.6. The number of rotatable bonds is 2. The van der Waals surface area contributed by atoms with E-state index in [-0.39, 0.29) is 17.7 Å². The van der Waals surface area contributed by atoms with Crippen LogP contribution in [-0.4, -0.2) is 23.3 Å². The van der Waals surface area contributed by atoms with Gasteiger partial charge in [0.05, 0.1) is 0 Å². The van der Waals surface area contributed by atoms with Crippen LogP contribution in [0.4, 0.5) is 5.69 Å². The third-order valence-corrected chi connectivity index (χ3v) is 3.34. The van der Waals surface area contributed by atoms with Crippen LogP contribution in [0.2, 0.25) is 0 Å². The summed E-state index contributed by atoms with van der Waals surface area (Å²) in [5.41, 5.74) is 3.19. The van der Waals surface area contributed by atoms with Crippen molar-refractivity contribution in [1.29, 1.82) is 0 Å². The Morgan fingerprint density at radius 2 is 2.00 bits per heavy atom. The van der Waals surface area contributed by atoms with Crippen molar-refractivity contribution in [2.75, 3.05) is 11.9 Å². The SMILES string of the molecule is CC(=O)Nc1ccc2c(c1)CN(C(=O)C(C)C)CC2. The minimum absolute atomic E-state index is 0.0278. The van der Waals surface area contributed by atoms with Gasteiger partial charge in [0.2, 0.25) is 11.8 Å². The van der Waals surface area contributed by atoms with Gasteiger partial charge in [-0.2, -0.15) is 0 Å². The Morgan fingerprint density at radius 1 is 1.26 bits per heavy atom. The number of hydrogen-bond acceptors (Lipinski definition) is 2. The van der Waals surface area contributed by atoms with Crippen molar-refractivity contribution in [3.05, 3.63) is 29.3 Å². The number of hydrogen-bond donors (Lipinski definition) is 1. The molecule has 0 unspecified atom stereocenters. The normalized spacial score (nSPS) is 14.2. The molecule has 1 aromatic carbocycles. The second-order valence-corrected chi connectivity index (χ2v) is 5.33. The predicted octanol–water partition coefficient (Wildman–Crippen LogP) is 2.19. The van der Waals surface area contributed by atoms with E-state index in [9.17, 15) is 9.59 Å². The molecule has 0 aliphatic carbocycles. The number of carbonyl (C=O) groups excluding carboxylic acids is 2. The average Bonchev–Trinajstić information content (AvgIpc) is 2.36. The Kier molecular flexibility index (Phi) is 3.88. The topological polar surface area (TPSA) is 49.4 Å². The van der Waals surface area contributed by atoms with E-state index in [1.54, 1.807) is 0 Å². The lowest BCUT2D eigenvalue weighted by molar-refractivity contribution is -0.135. The molecule has 4 nitrogen and oxygen atoms in total. The van der Waals surface area contributed by atoms with Crippen LogP contribution in [0.25, 0.3) is 0 Å². The van der Waals surface area contributed by atoms with E-state index in [0.717, 1.165) is 24.2 Å². The quantitative estimate of drug-likeness (QED) is 0.886. The van der Waals surface area contributed by atoms with E-state index < -0.39 is 0 Å². The van der Waals surface area contributed by atoms with Gasteiger partial charge in [-0.1, -0.05) is 19.9 Å². The third kappa shape index (κ3) is 3.13. The van der Waals surface area contributed by atoms with Gasteiger partial charge in [-0.05, 0) is 29.7 Å². The summed E-state index contributed by atoms with van der Waals surface area (Å²) in [5.74, 6) is 0.140. The molecule has 4 heteroatoms. The van der Waals surface area contributed by atoms with Crippen LogP contribution in [0.1, 0.15) is 31.9 Å². The summed E-state index contributed by atoms with van der Waals surface area (Å²) in [6.07, 6.45) is 0.883. The standard InChI is InChI=1S/C15H20N2O2/c1-10(2)15(19)17-7-6-12-4-5-14(16-11(3)18)8-13(12)9-17/h4-5,8,10H,6-7,9H2,1-3H3,(H,16,18). The molecule has 19 heavy (non-hydrogen) atoms. The highest BCUT2D eigenvalue weighted by atomic mass is 16.2. The zero-order valence-electron chi connectivity index (χ0n) is 11.7. The van der Waals surface area contributed by atoms with Crippen molar-refractivity contribution >= 4 is 17.5 Å². The molecule has 1 N–H and O–H groups in total. The molecule has 0 aromatic heterocycles. The van der Waals surface area contributed by atoms with Gasteiger partial charge in [-0.15, -0.1) is 0 Å². The van der Waals surface area contributed by atoms with Crippen LogP contribution in [0.5, 0.6) is 0 Å². The van der Waals surface area contributed by atoms with Gasteiger partial charge in [-0.25, -0.2) is 0 Å². The molecule has 1 aliphatic heterocycles. The van der Waals surface area contributed by atoms with Gasteiger partial charge in [0, 0.05) is 31.6 Å². The molecule has 0 spiro atoms. The molecule has 1 aliphatic rings. The van der Waals surface area contributed by atoms with Crippen LogP contribution in [0.15, 0.2) is 18.2 Å². The maximum atomic E-state index is 12.0. The average molecular weight is 260 g/mol. The Hall–Kier alpha value is -1.84. The van der Waals surface area contributed by atoms with E-state index in [2.05, 4.69) is 5.32 Å². The smallest absolute Gasteiger partial charge is 0.225 e. The van der Waals surface area contributed by atoms with Crippen LogP contribution in [0, 0.1) is 5.92 Å². The van der Waals surface area contributed by atoms with Crippen molar-refractivity contribution in [3.8, 4) is 0 Å². The molecule has 0 radical (unpaired) electrons. The monoisotopic (exact) mass is 260 g/mol. The zero-order valence-corrected chi connectivity index (χ0v) is 11.7. The van der Waals surface area contributed by atoms with Gasteiger partial charge >= 0.3 is 0 Å². The highest BCUT2D eigenvalue weighted by molar-refractivity contribution is 5.88.